The summed E-state index contributed by atoms with van der Waals surface area (Å²) in [4.78, 5) is 27.1. The van der Waals surface area contributed by atoms with Gasteiger partial charge in [0.25, 0.3) is 11.6 Å². The van der Waals surface area contributed by atoms with Gasteiger partial charge in [-0.25, -0.2) is 9.67 Å². The molecule has 1 N–H and O–H groups in total. The van der Waals surface area contributed by atoms with Gasteiger partial charge in [-0.3, -0.25) is 14.9 Å². The van der Waals surface area contributed by atoms with Gasteiger partial charge in [0.2, 0.25) is 0 Å². The lowest BCUT2D eigenvalue weighted by molar-refractivity contribution is -0.384. The van der Waals surface area contributed by atoms with Gasteiger partial charge in [0.05, 0.1) is 11.5 Å². The number of hydrogen-bond acceptors (Lipinski definition) is 7. The molecule has 0 fully saturated rings. The van der Waals surface area contributed by atoms with Gasteiger partial charge in [-0.15, -0.1) is 0 Å². The number of aromatic nitrogens is 3. The van der Waals surface area contributed by atoms with Gasteiger partial charge in [-0.1, -0.05) is 12.1 Å². The molecule has 1 aliphatic rings. The van der Waals surface area contributed by atoms with Crippen molar-refractivity contribution in [3.05, 3.63) is 70.3 Å². The van der Waals surface area contributed by atoms with Crippen LogP contribution in [0.4, 0.5) is 5.69 Å². The third-order valence-corrected chi connectivity index (χ3v) is 4.80. The molecule has 0 bridgehead atoms. The molecule has 1 aromatic heterocycles. The van der Waals surface area contributed by atoms with Crippen LogP contribution in [0.1, 0.15) is 29.8 Å². The minimum atomic E-state index is -0.561. The van der Waals surface area contributed by atoms with E-state index < -0.39 is 10.8 Å². The lowest BCUT2D eigenvalue weighted by Gasteiger charge is -2.18. The van der Waals surface area contributed by atoms with Gasteiger partial charge < -0.3 is 14.8 Å². The maximum Gasteiger partial charge on any atom is 0.295 e. The van der Waals surface area contributed by atoms with E-state index >= 15 is 0 Å². The molecule has 2 aromatic carbocycles. The Balaban J connectivity index is 1.38. The van der Waals surface area contributed by atoms with Crippen molar-refractivity contribution in [3.63, 3.8) is 0 Å². The van der Waals surface area contributed by atoms with Crippen LogP contribution < -0.4 is 14.8 Å². The van der Waals surface area contributed by atoms with Crippen molar-refractivity contribution in [3.8, 4) is 17.2 Å². The minimum Gasteiger partial charge on any atom is -0.488 e. The number of para-hydroxylation sites is 1. The van der Waals surface area contributed by atoms with E-state index in [0.717, 1.165) is 17.7 Å². The van der Waals surface area contributed by atoms with Crippen molar-refractivity contribution in [1.82, 2.24) is 20.1 Å². The summed E-state index contributed by atoms with van der Waals surface area (Å²) in [5.41, 5.74) is 0.966. The molecule has 10 nitrogen and oxygen atoms in total. The van der Waals surface area contributed by atoms with Crippen LogP contribution in [0.25, 0.3) is 5.69 Å². The number of hydrogen-bond donors (Lipinski definition) is 1. The molecule has 160 valence electrons. The van der Waals surface area contributed by atoms with Crippen LogP contribution in [-0.2, 0) is 6.42 Å². The molecule has 31 heavy (non-hydrogen) atoms. The smallest absolute Gasteiger partial charge is 0.295 e. The predicted octanol–water partition coefficient (Wildman–Crippen LogP) is 2.70. The highest BCUT2D eigenvalue weighted by Crippen LogP contribution is 2.41. The summed E-state index contributed by atoms with van der Waals surface area (Å²) in [5.74, 6) is 0.927. The Morgan fingerprint density at radius 1 is 1.35 bits per heavy atom. The van der Waals surface area contributed by atoms with Gasteiger partial charge in [-0.05, 0) is 32.0 Å². The number of fused-ring (bicyclic) bond motifs is 1. The Morgan fingerprint density at radius 2 is 2.19 bits per heavy atom. The third kappa shape index (κ3) is 4.32. The fourth-order valence-electron chi connectivity index (χ4n) is 3.47. The first kappa shape index (κ1) is 20.3. The topological polar surface area (TPSA) is 121 Å². The molecule has 0 unspecified atom stereocenters. The summed E-state index contributed by atoms with van der Waals surface area (Å²) in [6, 6.07) is 9.92. The molecule has 0 aliphatic carbocycles. The highest BCUT2D eigenvalue weighted by atomic mass is 16.6. The normalized spacial score (nSPS) is 13.9. The number of nitrogens with one attached hydrogen (secondary N) is 1. The first-order valence-corrected chi connectivity index (χ1v) is 9.69. The van der Waals surface area contributed by atoms with Crippen LogP contribution in [0.3, 0.4) is 0 Å². The SMILES string of the molecule is CC1(C)Cc2cccc(OCCNC(=O)c3ccc(-n4cncn4)c([N+](=O)[O-])c3)c2O1. The van der Waals surface area contributed by atoms with Crippen LogP contribution >= 0.6 is 0 Å². The summed E-state index contributed by atoms with van der Waals surface area (Å²) in [6.45, 7) is 4.49. The summed E-state index contributed by atoms with van der Waals surface area (Å²) >= 11 is 0. The number of rotatable bonds is 7. The Hall–Kier alpha value is -3.95. The summed E-state index contributed by atoms with van der Waals surface area (Å²) in [7, 11) is 0. The first-order valence-electron chi connectivity index (χ1n) is 9.69. The van der Waals surface area contributed by atoms with Crippen LogP contribution in [0.2, 0.25) is 0 Å². The van der Waals surface area contributed by atoms with Crippen LogP contribution in [-0.4, -0.2) is 44.3 Å². The second-order valence-corrected chi connectivity index (χ2v) is 7.69. The zero-order valence-electron chi connectivity index (χ0n) is 17.1. The van der Waals surface area contributed by atoms with Gasteiger partial charge >= 0.3 is 0 Å². The number of amides is 1. The Morgan fingerprint density at radius 3 is 2.94 bits per heavy atom. The molecule has 4 rings (SSSR count). The maximum absolute atomic E-state index is 12.5. The van der Waals surface area contributed by atoms with Crippen molar-refractivity contribution in [2.75, 3.05) is 13.2 Å². The molecular formula is C21H21N5O5. The predicted molar refractivity (Wildman–Crippen MR) is 111 cm³/mol. The van der Waals surface area contributed by atoms with E-state index in [1.807, 2.05) is 32.0 Å². The molecule has 10 heteroatoms. The average Bonchev–Trinajstić information content (AvgIpc) is 3.37. The van der Waals surface area contributed by atoms with E-state index in [9.17, 15) is 14.9 Å². The highest BCUT2D eigenvalue weighted by molar-refractivity contribution is 5.95. The standard InChI is InChI=1S/C21H21N5O5/c1-21(2)11-15-4-3-5-18(19(15)31-21)30-9-8-23-20(27)14-6-7-16(17(10-14)26(28)29)25-13-22-12-24-25/h3-7,10,12-13H,8-9,11H2,1-2H3,(H,23,27). The fraction of sp³-hybridized carbons (Fsp3) is 0.286. The summed E-state index contributed by atoms with van der Waals surface area (Å²) in [6.07, 6.45) is 3.43. The number of nitro groups is 1. The van der Waals surface area contributed by atoms with Crippen molar-refractivity contribution in [1.29, 1.82) is 0 Å². The van der Waals surface area contributed by atoms with Gasteiger partial charge in [0, 0.05) is 23.6 Å². The molecule has 3 aromatic rings. The molecule has 1 amide bonds. The second-order valence-electron chi connectivity index (χ2n) is 7.69. The van der Waals surface area contributed by atoms with Crippen LogP contribution in [0.15, 0.2) is 49.1 Å². The molecule has 2 heterocycles. The van der Waals surface area contributed by atoms with Gasteiger partial charge in [-0.2, -0.15) is 5.10 Å². The van der Waals surface area contributed by atoms with E-state index in [-0.39, 0.29) is 35.7 Å². The van der Waals surface area contributed by atoms with Gasteiger partial charge in [0.15, 0.2) is 11.5 Å². The minimum absolute atomic E-state index is 0.168. The highest BCUT2D eigenvalue weighted by Gasteiger charge is 2.32. The molecule has 0 saturated heterocycles. The van der Waals surface area contributed by atoms with E-state index in [0.29, 0.717) is 5.75 Å². The lowest BCUT2D eigenvalue weighted by atomic mass is 10.0. The largest absolute Gasteiger partial charge is 0.488 e. The number of nitrogens with zero attached hydrogens (tertiary/aromatic N) is 4. The zero-order valence-corrected chi connectivity index (χ0v) is 17.1. The van der Waals surface area contributed by atoms with Crippen molar-refractivity contribution < 1.29 is 19.2 Å². The number of benzene rings is 2. The Kier molecular flexibility index (Phi) is 5.28. The summed E-state index contributed by atoms with van der Waals surface area (Å²) in [5, 5.41) is 18.0. The second kappa shape index (κ2) is 8.05. The number of nitro benzene ring substituents is 1. The molecule has 1 aliphatic heterocycles. The quantitative estimate of drug-likeness (QED) is 0.352. The maximum atomic E-state index is 12.5. The average molecular weight is 423 g/mol. The molecule has 0 atom stereocenters. The fourth-order valence-corrected chi connectivity index (χ4v) is 3.47. The molecule has 0 saturated carbocycles. The lowest BCUT2D eigenvalue weighted by Crippen LogP contribution is -2.28. The van der Waals surface area contributed by atoms with Crippen LogP contribution in [0, 0.1) is 10.1 Å². The van der Waals surface area contributed by atoms with E-state index in [1.165, 1.54) is 35.5 Å². The summed E-state index contributed by atoms with van der Waals surface area (Å²) < 4.78 is 13.0. The number of carbonyl (C=O) groups excluding carboxylic acids is 1. The third-order valence-electron chi connectivity index (χ3n) is 4.80. The van der Waals surface area contributed by atoms with Crippen molar-refractivity contribution in [2.45, 2.75) is 25.9 Å². The molecular weight excluding hydrogens is 402 g/mol. The monoisotopic (exact) mass is 423 g/mol. The van der Waals surface area contributed by atoms with E-state index in [4.69, 9.17) is 9.47 Å². The van der Waals surface area contributed by atoms with E-state index in [1.54, 1.807) is 0 Å². The first-order chi connectivity index (χ1) is 14.8. The van der Waals surface area contributed by atoms with E-state index in [2.05, 4.69) is 15.4 Å². The molecule has 0 spiro atoms. The van der Waals surface area contributed by atoms with Crippen molar-refractivity contribution >= 4 is 11.6 Å². The van der Waals surface area contributed by atoms with Crippen LogP contribution in [0.5, 0.6) is 11.5 Å². The van der Waals surface area contributed by atoms with Crippen molar-refractivity contribution in [2.24, 2.45) is 0 Å². The van der Waals surface area contributed by atoms with Gasteiger partial charge in [0.1, 0.15) is 30.5 Å². The molecule has 0 radical (unpaired) electrons. The number of ether oxygens (including phenoxy) is 2. The zero-order chi connectivity index (χ0) is 22.0. The number of carbonyl (C=O) groups is 1. The Labute approximate surface area is 178 Å². The Bertz CT molecular complexity index is 1130.